The minimum absolute atomic E-state index is 0.197. The molecule has 0 aromatic heterocycles. The van der Waals surface area contributed by atoms with E-state index in [4.69, 9.17) is 0 Å². The lowest BCUT2D eigenvalue weighted by molar-refractivity contribution is -0.117. The Kier molecular flexibility index (Phi) is 1.96. The van der Waals surface area contributed by atoms with Crippen molar-refractivity contribution >= 4 is 33.3 Å². The molecule has 0 bridgehead atoms. The van der Waals surface area contributed by atoms with Crippen molar-refractivity contribution in [3.8, 4) is 0 Å². The highest BCUT2D eigenvalue weighted by Gasteiger charge is 2.43. The zero-order valence-corrected chi connectivity index (χ0v) is 9.09. The average molecular weight is 254 g/mol. The van der Waals surface area contributed by atoms with Crippen molar-refractivity contribution in [2.75, 3.05) is 5.32 Å². The van der Waals surface area contributed by atoms with Crippen LogP contribution in [-0.2, 0) is 4.79 Å². The van der Waals surface area contributed by atoms with E-state index < -0.39 is 4.32 Å². The van der Waals surface area contributed by atoms with E-state index in [0.29, 0.717) is 11.3 Å². The Labute approximate surface area is 89.6 Å². The fourth-order valence-corrected chi connectivity index (χ4v) is 1.70. The zero-order chi connectivity index (χ0) is 10.3. The molecule has 1 unspecified atom stereocenters. The van der Waals surface area contributed by atoms with E-state index in [9.17, 15) is 9.59 Å². The maximum atomic E-state index is 11.8. The van der Waals surface area contributed by atoms with Gasteiger partial charge in [-0.3, -0.25) is 9.59 Å². The number of carbonyl (C=O) groups is 2. The van der Waals surface area contributed by atoms with E-state index in [1.807, 2.05) is 0 Å². The number of halogens is 1. The van der Waals surface area contributed by atoms with Gasteiger partial charge in [0.2, 0.25) is 5.91 Å². The van der Waals surface area contributed by atoms with Crippen molar-refractivity contribution in [3.05, 3.63) is 29.8 Å². The minimum atomic E-state index is -1.14. The standard InChI is InChI=1S/C10H8BrNO2/c1-10(11)8(13)6-4-2-3-5-7(6)12-9(10)14/h2-5H,1H3,(H,12,14). The molecule has 0 fully saturated rings. The number of para-hydroxylation sites is 1. The molecule has 1 aromatic rings. The van der Waals surface area contributed by atoms with E-state index in [1.54, 1.807) is 31.2 Å². The number of ketones is 1. The highest BCUT2D eigenvalue weighted by molar-refractivity contribution is 9.10. The summed E-state index contributed by atoms with van der Waals surface area (Å²) < 4.78 is -1.14. The first-order valence-corrected chi connectivity index (χ1v) is 4.97. The van der Waals surface area contributed by atoms with Crippen LogP contribution in [0.15, 0.2) is 24.3 Å². The molecule has 1 aliphatic rings. The molecule has 14 heavy (non-hydrogen) atoms. The predicted molar refractivity (Wildman–Crippen MR) is 56.7 cm³/mol. The fraction of sp³-hybridized carbons (Fsp3) is 0.200. The van der Waals surface area contributed by atoms with Gasteiger partial charge in [0.25, 0.3) is 0 Å². The van der Waals surface area contributed by atoms with E-state index >= 15 is 0 Å². The van der Waals surface area contributed by atoms with Crippen molar-refractivity contribution < 1.29 is 9.59 Å². The van der Waals surface area contributed by atoms with Gasteiger partial charge in [-0.25, -0.2) is 0 Å². The molecular formula is C10H8BrNO2. The van der Waals surface area contributed by atoms with Crippen LogP contribution in [0.25, 0.3) is 0 Å². The topological polar surface area (TPSA) is 46.2 Å². The number of benzene rings is 1. The third-order valence-corrected chi connectivity index (χ3v) is 2.99. The van der Waals surface area contributed by atoms with Gasteiger partial charge in [-0.15, -0.1) is 0 Å². The van der Waals surface area contributed by atoms with Crippen molar-refractivity contribution in [1.29, 1.82) is 0 Å². The van der Waals surface area contributed by atoms with Gasteiger partial charge in [-0.2, -0.15) is 0 Å². The first kappa shape index (κ1) is 9.40. The summed E-state index contributed by atoms with van der Waals surface area (Å²) in [6.45, 7) is 1.56. The first-order valence-electron chi connectivity index (χ1n) is 4.17. The van der Waals surface area contributed by atoms with E-state index in [1.165, 1.54) is 0 Å². The Bertz CT molecular complexity index is 426. The molecule has 1 atom stereocenters. The molecule has 1 aliphatic heterocycles. The number of carbonyl (C=O) groups excluding carboxylic acids is 2. The lowest BCUT2D eigenvalue weighted by Gasteiger charge is -2.27. The zero-order valence-electron chi connectivity index (χ0n) is 7.50. The summed E-state index contributed by atoms with van der Waals surface area (Å²) in [5, 5.41) is 2.67. The Morgan fingerprint density at radius 2 is 1.93 bits per heavy atom. The number of rotatable bonds is 0. The average Bonchev–Trinajstić information content (AvgIpc) is 2.15. The second-order valence-electron chi connectivity index (χ2n) is 3.33. The summed E-state index contributed by atoms with van der Waals surface area (Å²) in [7, 11) is 0. The normalized spacial score (nSPS) is 25.6. The van der Waals surface area contributed by atoms with Crippen molar-refractivity contribution in [3.63, 3.8) is 0 Å². The lowest BCUT2D eigenvalue weighted by atomic mass is 9.93. The number of nitrogens with one attached hydrogen (secondary N) is 1. The van der Waals surface area contributed by atoms with Gasteiger partial charge in [-0.05, 0) is 19.1 Å². The van der Waals surface area contributed by atoms with Gasteiger partial charge in [0.1, 0.15) is 0 Å². The molecule has 2 rings (SSSR count). The second-order valence-corrected chi connectivity index (χ2v) is 4.92. The molecule has 4 heteroatoms. The summed E-state index contributed by atoms with van der Waals surface area (Å²) in [5.41, 5.74) is 1.13. The monoisotopic (exact) mass is 253 g/mol. The van der Waals surface area contributed by atoms with Crippen LogP contribution in [0.2, 0.25) is 0 Å². The lowest BCUT2D eigenvalue weighted by Crippen LogP contribution is -2.45. The van der Waals surface area contributed by atoms with E-state index in [2.05, 4.69) is 21.2 Å². The molecule has 1 N–H and O–H groups in total. The Balaban J connectivity index is 2.61. The number of hydrogen-bond donors (Lipinski definition) is 1. The molecule has 1 amide bonds. The SMILES string of the molecule is CC1(Br)C(=O)Nc2ccccc2C1=O. The van der Waals surface area contributed by atoms with Crippen LogP contribution in [0.5, 0.6) is 0 Å². The Morgan fingerprint density at radius 1 is 1.29 bits per heavy atom. The number of anilines is 1. The van der Waals surface area contributed by atoms with Gasteiger partial charge in [0.15, 0.2) is 10.1 Å². The third kappa shape index (κ3) is 1.18. The molecule has 0 saturated heterocycles. The maximum absolute atomic E-state index is 11.8. The maximum Gasteiger partial charge on any atom is 0.248 e. The largest absolute Gasteiger partial charge is 0.324 e. The Morgan fingerprint density at radius 3 is 2.64 bits per heavy atom. The molecule has 1 heterocycles. The molecule has 0 saturated carbocycles. The molecule has 72 valence electrons. The van der Waals surface area contributed by atoms with Crippen LogP contribution in [0.4, 0.5) is 5.69 Å². The number of amides is 1. The quantitative estimate of drug-likeness (QED) is 0.568. The molecule has 3 nitrogen and oxygen atoms in total. The molecular weight excluding hydrogens is 246 g/mol. The van der Waals surface area contributed by atoms with Gasteiger partial charge in [0, 0.05) is 5.56 Å². The molecule has 0 radical (unpaired) electrons. The highest BCUT2D eigenvalue weighted by atomic mass is 79.9. The van der Waals surface area contributed by atoms with Gasteiger partial charge in [0.05, 0.1) is 5.69 Å². The van der Waals surface area contributed by atoms with Crippen LogP contribution in [0.3, 0.4) is 0 Å². The summed E-state index contributed by atoms with van der Waals surface area (Å²) in [6.07, 6.45) is 0. The van der Waals surface area contributed by atoms with Gasteiger partial charge >= 0.3 is 0 Å². The molecule has 0 aliphatic carbocycles. The fourth-order valence-electron chi connectivity index (χ4n) is 1.39. The van der Waals surface area contributed by atoms with Gasteiger partial charge in [-0.1, -0.05) is 28.1 Å². The smallest absolute Gasteiger partial charge is 0.248 e. The minimum Gasteiger partial charge on any atom is -0.324 e. The second kappa shape index (κ2) is 2.92. The van der Waals surface area contributed by atoms with E-state index in [-0.39, 0.29) is 11.7 Å². The number of alkyl halides is 1. The molecule has 1 aromatic carbocycles. The number of hydrogen-bond acceptors (Lipinski definition) is 2. The number of fused-ring (bicyclic) bond motifs is 1. The van der Waals surface area contributed by atoms with Crippen LogP contribution in [0.1, 0.15) is 17.3 Å². The van der Waals surface area contributed by atoms with Crippen molar-refractivity contribution in [2.24, 2.45) is 0 Å². The van der Waals surface area contributed by atoms with Crippen molar-refractivity contribution in [2.45, 2.75) is 11.2 Å². The predicted octanol–water partition coefficient (Wildman–Crippen LogP) is 1.97. The van der Waals surface area contributed by atoms with Crippen molar-refractivity contribution in [1.82, 2.24) is 0 Å². The van der Waals surface area contributed by atoms with Crippen LogP contribution >= 0.6 is 15.9 Å². The van der Waals surface area contributed by atoms with Crippen LogP contribution in [0, 0.1) is 0 Å². The van der Waals surface area contributed by atoms with Crippen LogP contribution in [-0.4, -0.2) is 16.0 Å². The Hall–Kier alpha value is -1.16. The summed E-state index contributed by atoms with van der Waals surface area (Å²) in [6, 6.07) is 6.98. The highest BCUT2D eigenvalue weighted by Crippen LogP contribution is 2.32. The van der Waals surface area contributed by atoms with Gasteiger partial charge < -0.3 is 5.32 Å². The van der Waals surface area contributed by atoms with E-state index in [0.717, 1.165) is 0 Å². The summed E-state index contributed by atoms with van der Waals surface area (Å²) in [4.78, 5) is 23.4. The number of Topliss-reactive ketones (excluding diaryl/α,β-unsaturated/α-hetero) is 1. The van der Waals surface area contributed by atoms with Crippen LogP contribution < -0.4 is 5.32 Å². The summed E-state index contributed by atoms with van der Waals surface area (Å²) in [5.74, 6) is -0.516. The molecule has 0 spiro atoms. The first-order chi connectivity index (χ1) is 6.53. The summed E-state index contributed by atoms with van der Waals surface area (Å²) >= 11 is 3.13. The third-order valence-electron chi connectivity index (χ3n) is 2.27.